The van der Waals surface area contributed by atoms with Crippen molar-refractivity contribution in [2.24, 2.45) is 0 Å². The van der Waals surface area contributed by atoms with Gasteiger partial charge in [-0.1, -0.05) is 0 Å². The molecule has 0 aliphatic carbocycles. The van der Waals surface area contributed by atoms with Crippen molar-refractivity contribution in [3.8, 4) is 0 Å². The first-order valence-electron chi connectivity index (χ1n) is 6.41. The van der Waals surface area contributed by atoms with E-state index in [1.807, 2.05) is 0 Å². The number of morpholine rings is 1. The maximum atomic E-state index is 13.2. The smallest absolute Gasteiger partial charge is 0.254 e. The molecule has 0 saturated carbocycles. The predicted octanol–water partition coefficient (Wildman–Crippen LogP) is 0.721. The van der Waals surface area contributed by atoms with E-state index in [1.54, 1.807) is 11.8 Å². The van der Waals surface area contributed by atoms with Gasteiger partial charge in [-0.05, 0) is 30.7 Å². The summed E-state index contributed by atoms with van der Waals surface area (Å²) >= 11 is 0. The number of hydrogen-bond acceptors (Lipinski definition) is 3. The highest BCUT2D eigenvalue weighted by molar-refractivity contribution is 5.95. The lowest BCUT2D eigenvalue weighted by Crippen LogP contribution is -2.51. The zero-order valence-electron chi connectivity index (χ0n) is 11.5. The van der Waals surface area contributed by atoms with Gasteiger partial charge in [0.05, 0.1) is 13.2 Å². The molecule has 0 bridgehead atoms. The van der Waals surface area contributed by atoms with Crippen LogP contribution >= 0.6 is 0 Å². The molecule has 1 aromatic rings. The number of carbonyl (C=O) groups excluding carboxylic acids is 2. The largest absolute Gasteiger partial charge is 0.365 e. The summed E-state index contributed by atoms with van der Waals surface area (Å²) in [6, 6.07) is 4.25. The van der Waals surface area contributed by atoms with Gasteiger partial charge in [0.1, 0.15) is 5.82 Å². The van der Waals surface area contributed by atoms with Crippen molar-refractivity contribution in [3.05, 3.63) is 35.1 Å². The molecule has 1 atom stereocenters. The molecule has 5 nitrogen and oxygen atoms in total. The highest BCUT2D eigenvalue weighted by atomic mass is 19.1. The van der Waals surface area contributed by atoms with Gasteiger partial charge in [0.2, 0.25) is 0 Å². The lowest BCUT2D eigenvalue weighted by molar-refractivity contribution is -0.136. The van der Waals surface area contributed by atoms with Crippen molar-refractivity contribution >= 4 is 11.8 Å². The van der Waals surface area contributed by atoms with Gasteiger partial charge >= 0.3 is 0 Å². The molecule has 20 heavy (non-hydrogen) atoms. The second-order valence-electron chi connectivity index (χ2n) is 4.69. The molecule has 2 rings (SSSR count). The maximum absolute atomic E-state index is 13.2. The lowest BCUT2D eigenvalue weighted by Gasteiger charge is -2.32. The van der Waals surface area contributed by atoms with Crippen LogP contribution in [0.1, 0.15) is 15.9 Å². The molecule has 0 radical (unpaired) electrons. The van der Waals surface area contributed by atoms with Crippen LogP contribution in [0.5, 0.6) is 0 Å². The summed E-state index contributed by atoms with van der Waals surface area (Å²) in [5.41, 5.74) is 0.841. The number of aryl methyl sites for hydroxylation is 1. The molecule has 1 aliphatic rings. The van der Waals surface area contributed by atoms with Gasteiger partial charge in [-0.3, -0.25) is 9.59 Å². The summed E-state index contributed by atoms with van der Waals surface area (Å²) in [7, 11) is 1.52. The molecule has 2 amide bonds. The standard InChI is InChI=1S/C14H17FN2O3/c1-9-7-10(3-4-11(9)15)14(19)17-5-6-20-12(8-17)13(18)16-2/h3-4,7,12H,5-6,8H2,1-2H3,(H,16,18)/t12-/m0/s1. The third-order valence-electron chi connectivity index (χ3n) is 3.30. The van der Waals surface area contributed by atoms with Crippen molar-refractivity contribution in [1.82, 2.24) is 10.2 Å². The molecule has 0 aromatic heterocycles. The van der Waals surface area contributed by atoms with Crippen molar-refractivity contribution in [2.45, 2.75) is 13.0 Å². The number of nitrogens with one attached hydrogen (secondary N) is 1. The van der Waals surface area contributed by atoms with E-state index in [-0.39, 0.29) is 24.2 Å². The molecule has 1 aliphatic heterocycles. The third-order valence-corrected chi connectivity index (χ3v) is 3.30. The fraction of sp³-hybridized carbons (Fsp3) is 0.429. The normalized spacial score (nSPS) is 18.8. The van der Waals surface area contributed by atoms with E-state index in [2.05, 4.69) is 5.32 Å². The quantitative estimate of drug-likeness (QED) is 0.868. The first-order valence-corrected chi connectivity index (χ1v) is 6.41. The Morgan fingerprint density at radius 1 is 1.45 bits per heavy atom. The summed E-state index contributed by atoms with van der Waals surface area (Å²) in [4.78, 5) is 25.4. The number of amides is 2. The van der Waals surface area contributed by atoms with Crippen molar-refractivity contribution in [2.75, 3.05) is 26.7 Å². The van der Waals surface area contributed by atoms with Crippen LogP contribution in [0.15, 0.2) is 18.2 Å². The molecule has 1 saturated heterocycles. The van der Waals surface area contributed by atoms with E-state index < -0.39 is 6.10 Å². The molecule has 6 heteroatoms. The molecule has 108 valence electrons. The summed E-state index contributed by atoms with van der Waals surface area (Å²) in [6.45, 7) is 2.54. The Kier molecular flexibility index (Phi) is 4.34. The van der Waals surface area contributed by atoms with E-state index in [0.717, 1.165) is 0 Å². The Hall–Kier alpha value is -1.95. The van der Waals surface area contributed by atoms with Crippen LogP contribution in [-0.2, 0) is 9.53 Å². The SMILES string of the molecule is CNC(=O)[C@@H]1CN(C(=O)c2ccc(F)c(C)c2)CCO1. The number of rotatable bonds is 2. The van der Waals surface area contributed by atoms with Gasteiger partial charge in [0, 0.05) is 19.2 Å². The molecule has 1 fully saturated rings. The van der Waals surface area contributed by atoms with Gasteiger partial charge in [-0.25, -0.2) is 4.39 Å². The Bertz CT molecular complexity index is 533. The molecule has 0 spiro atoms. The van der Waals surface area contributed by atoms with Gasteiger partial charge in [-0.2, -0.15) is 0 Å². The molecular weight excluding hydrogens is 263 g/mol. The monoisotopic (exact) mass is 280 g/mol. The number of ether oxygens (including phenoxy) is 1. The van der Waals surface area contributed by atoms with E-state index in [4.69, 9.17) is 4.74 Å². The molecule has 0 unspecified atom stereocenters. The van der Waals surface area contributed by atoms with Crippen molar-refractivity contribution in [3.63, 3.8) is 0 Å². The van der Waals surface area contributed by atoms with Gasteiger partial charge < -0.3 is 15.0 Å². The number of nitrogens with zero attached hydrogens (tertiary/aromatic N) is 1. The summed E-state index contributed by atoms with van der Waals surface area (Å²) in [5, 5.41) is 2.50. The average molecular weight is 280 g/mol. The second-order valence-corrected chi connectivity index (χ2v) is 4.69. The Morgan fingerprint density at radius 2 is 2.20 bits per heavy atom. The zero-order chi connectivity index (χ0) is 14.7. The van der Waals surface area contributed by atoms with Crippen molar-refractivity contribution < 1.29 is 18.7 Å². The third kappa shape index (κ3) is 2.96. The predicted molar refractivity (Wildman–Crippen MR) is 70.8 cm³/mol. The number of likely N-dealkylation sites (N-methyl/N-ethyl adjacent to an activating group) is 1. The maximum Gasteiger partial charge on any atom is 0.254 e. The number of carbonyl (C=O) groups is 2. The van der Waals surface area contributed by atoms with Crippen LogP contribution in [0, 0.1) is 12.7 Å². The minimum Gasteiger partial charge on any atom is -0.365 e. The topological polar surface area (TPSA) is 58.6 Å². The van der Waals surface area contributed by atoms with Crippen LogP contribution in [0.25, 0.3) is 0 Å². The number of benzene rings is 1. The molecule has 1 heterocycles. The first-order chi connectivity index (χ1) is 9.52. The van der Waals surface area contributed by atoms with Crippen LogP contribution in [-0.4, -0.2) is 49.6 Å². The van der Waals surface area contributed by atoms with Crippen molar-refractivity contribution in [1.29, 1.82) is 0 Å². The fourth-order valence-electron chi connectivity index (χ4n) is 2.11. The molecule has 1 N–H and O–H groups in total. The van der Waals surface area contributed by atoms with Crippen LogP contribution in [0.2, 0.25) is 0 Å². The molecule has 1 aromatic carbocycles. The van der Waals surface area contributed by atoms with E-state index in [9.17, 15) is 14.0 Å². The Labute approximate surface area is 116 Å². The Morgan fingerprint density at radius 3 is 2.85 bits per heavy atom. The summed E-state index contributed by atoms with van der Waals surface area (Å²) in [5.74, 6) is -0.810. The van der Waals surface area contributed by atoms with E-state index in [1.165, 1.54) is 25.2 Å². The highest BCUT2D eigenvalue weighted by Gasteiger charge is 2.29. The van der Waals surface area contributed by atoms with Crippen LogP contribution in [0.4, 0.5) is 4.39 Å². The van der Waals surface area contributed by atoms with E-state index >= 15 is 0 Å². The lowest BCUT2D eigenvalue weighted by atomic mass is 10.1. The molecular formula is C14H17FN2O3. The van der Waals surface area contributed by atoms with Gasteiger partial charge in [0.25, 0.3) is 11.8 Å². The Balaban J connectivity index is 2.12. The van der Waals surface area contributed by atoms with Gasteiger partial charge in [-0.15, -0.1) is 0 Å². The van der Waals surface area contributed by atoms with Crippen LogP contribution < -0.4 is 5.32 Å². The average Bonchev–Trinajstić information content (AvgIpc) is 2.48. The first kappa shape index (κ1) is 14.5. The second kappa shape index (κ2) is 6.00. The summed E-state index contributed by atoms with van der Waals surface area (Å²) < 4.78 is 18.5. The minimum absolute atomic E-state index is 0.203. The van der Waals surface area contributed by atoms with E-state index in [0.29, 0.717) is 24.3 Å². The number of halogens is 1. The number of hydrogen-bond donors (Lipinski definition) is 1. The summed E-state index contributed by atoms with van der Waals surface area (Å²) in [6.07, 6.45) is -0.653. The zero-order valence-corrected chi connectivity index (χ0v) is 11.5. The highest BCUT2D eigenvalue weighted by Crippen LogP contribution is 2.14. The minimum atomic E-state index is -0.653. The van der Waals surface area contributed by atoms with Gasteiger partial charge in [0.15, 0.2) is 6.10 Å². The van der Waals surface area contributed by atoms with Crippen LogP contribution in [0.3, 0.4) is 0 Å². The fourth-order valence-corrected chi connectivity index (χ4v) is 2.11.